The first kappa shape index (κ1) is 14.4. The van der Waals surface area contributed by atoms with Crippen LogP contribution < -0.4 is 10.2 Å². The number of nitrogens with one attached hydrogen (secondary N) is 1. The molecule has 98 valence electrons. The maximum atomic E-state index is 5.19. The van der Waals surface area contributed by atoms with E-state index in [4.69, 9.17) is 4.74 Å². The van der Waals surface area contributed by atoms with E-state index in [1.807, 2.05) is 19.0 Å². The van der Waals surface area contributed by atoms with Gasteiger partial charge in [0.05, 0.1) is 12.3 Å². The van der Waals surface area contributed by atoms with Gasteiger partial charge >= 0.3 is 0 Å². The highest BCUT2D eigenvalue weighted by Gasteiger charge is 2.15. The van der Waals surface area contributed by atoms with Crippen molar-refractivity contribution in [2.45, 2.75) is 39.5 Å². The summed E-state index contributed by atoms with van der Waals surface area (Å²) < 4.78 is 5.19. The summed E-state index contributed by atoms with van der Waals surface area (Å²) in [5.41, 5.74) is 1.16. The molecule has 0 fully saturated rings. The second-order valence-corrected chi connectivity index (χ2v) is 6.36. The van der Waals surface area contributed by atoms with E-state index < -0.39 is 0 Å². The Morgan fingerprint density at radius 3 is 2.47 bits per heavy atom. The fourth-order valence-corrected chi connectivity index (χ4v) is 2.22. The van der Waals surface area contributed by atoms with Crippen LogP contribution >= 0.6 is 11.3 Å². The average molecular weight is 257 g/mol. The van der Waals surface area contributed by atoms with Gasteiger partial charge in [-0.05, 0) is 20.8 Å². The van der Waals surface area contributed by atoms with Crippen LogP contribution in [0.4, 0.5) is 5.13 Å². The largest absolute Gasteiger partial charge is 0.378 e. The second-order valence-electron chi connectivity index (χ2n) is 5.30. The van der Waals surface area contributed by atoms with Gasteiger partial charge in [0.1, 0.15) is 0 Å². The van der Waals surface area contributed by atoms with Crippen LogP contribution in [0.2, 0.25) is 0 Å². The first-order valence-corrected chi connectivity index (χ1v) is 6.55. The summed E-state index contributed by atoms with van der Waals surface area (Å²) in [6, 6.07) is 0. The third-order valence-electron chi connectivity index (χ3n) is 2.21. The van der Waals surface area contributed by atoms with Crippen molar-refractivity contribution in [3.05, 3.63) is 10.6 Å². The molecule has 1 aromatic heterocycles. The number of hydrogen-bond donors (Lipinski definition) is 1. The van der Waals surface area contributed by atoms with E-state index in [9.17, 15) is 0 Å². The number of aromatic nitrogens is 1. The van der Waals surface area contributed by atoms with Gasteiger partial charge in [0, 0.05) is 38.2 Å². The smallest absolute Gasteiger partial charge is 0.185 e. The molecular formula is C12H23N3OS. The number of thiazole rings is 1. The van der Waals surface area contributed by atoms with Crippen molar-refractivity contribution in [3.8, 4) is 0 Å². The lowest BCUT2D eigenvalue weighted by Crippen LogP contribution is -2.35. The van der Waals surface area contributed by atoms with E-state index >= 15 is 0 Å². The maximum Gasteiger partial charge on any atom is 0.185 e. The molecule has 0 unspecified atom stereocenters. The number of rotatable bonds is 5. The molecular weight excluding hydrogens is 234 g/mol. The molecule has 0 radical (unpaired) electrons. The molecule has 1 rings (SSSR count). The maximum absolute atomic E-state index is 5.19. The number of anilines is 1. The number of nitrogens with zero attached hydrogens (tertiary/aromatic N) is 2. The second kappa shape index (κ2) is 5.80. The van der Waals surface area contributed by atoms with Crippen molar-refractivity contribution >= 4 is 16.5 Å². The quantitative estimate of drug-likeness (QED) is 0.878. The molecule has 0 spiro atoms. The predicted octanol–water partition coefficient (Wildman–Crippen LogP) is 2.24. The van der Waals surface area contributed by atoms with Crippen LogP contribution in [0.25, 0.3) is 0 Å². The third kappa shape index (κ3) is 4.61. The Labute approximate surface area is 108 Å². The van der Waals surface area contributed by atoms with E-state index in [2.05, 4.69) is 31.1 Å². The monoisotopic (exact) mass is 257 g/mol. The number of ether oxygens (including phenoxy) is 1. The number of hydrogen-bond acceptors (Lipinski definition) is 5. The van der Waals surface area contributed by atoms with E-state index in [1.54, 1.807) is 18.4 Å². The van der Waals surface area contributed by atoms with Crippen molar-refractivity contribution in [1.29, 1.82) is 0 Å². The van der Waals surface area contributed by atoms with Crippen molar-refractivity contribution < 1.29 is 4.74 Å². The van der Waals surface area contributed by atoms with Crippen LogP contribution in [-0.4, -0.2) is 31.7 Å². The highest BCUT2D eigenvalue weighted by atomic mass is 32.1. The van der Waals surface area contributed by atoms with E-state index in [0.29, 0.717) is 6.61 Å². The molecule has 0 bridgehead atoms. The van der Waals surface area contributed by atoms with Crippen LogP contribution in [0.3, 0.4) is 0 Å². The van der Waals surface area contributed by atoms with Crippen LogP contribution in [0.15, 0.2) is 0 Å². The van der Waals surface area contributed by atoms with Gasteiger partial charge in [0.25, 0.3) is 0 Å². The predicted molar refractivity (Wildman–Crippen MR) is 73.7 cm³/mol. The minimum Gasteiger partial charge on any atom is -0.378 e. The van der Waals surface area contributed by atoms with Gasteiger partial charge < -0.3 is 15.0 Å². The Morgan fingerprint density at radius 2 is 2.00 bits per heavy atom. The van der Waals surface area contributed by atoms with Gasteiger partial charge in [-0.1, -0.05) is 0 Å². The van der Waals surface area contributed by atoms with Gasteiger partial charge in [0.2, 0.25) is 0 Å². The molecule has 0 aliphatic heterocycles. The Balaban J connectivity index is 2.81. The summed E-state index contributed by atoms with van der Waals surface area (Å²) in [7, 11) is 5.72. The zero-order valence-electron chi connectivity index (χ0n) is 11.6. The number of methoxy groups -OCH3 is 1. The summed E-state index contributed by atoms with van der Waals surface area (Å²) in [5, 5.41) is 4.52. The third-order valence-corrected chi connectivity index (χ3v) is 3.48. The lowest BCUT2D eigenvalue weighted by atomic mass is 10.1. The lowest BCUT2D eigenvalue weighted by Gasteiger charge is -2.20. The Bertz CT molecular complexity index is 355. The minimum absolute atomic E-state index is 0.118. The van der Waals surface area contributed by atoms with Crippen LogP contribution in [0.5, 0.6) is 0 Å². The first-order valence-electron chi connectivity index (χ1n) is 5.73. The Kier molecular flexibility index (Phi) is 4.91. The zero-order chi connectivity index (χ0) is 13.1. The van der Waals surface area contributed by atoms with E-state index in [0.717, 1.165) is 17.4 Å². The Morgan fingerprint density at radius 1 is 1.35 bits per heavy atom. The summed E-state index contributed by atoms with van der Waals surface area (Å²) >= 11 is 1.72. The normalized spacial score (nSPS) is 11.9. The van der Waals surface area contributed by atoms with Crippen LogP contribution in [0, 0.1) is 0 Å². The summed E-state index contributed by atoms with van der Waals surface area (Å²) in [6.45, 7) is 7.91. The summed E-state index contributed by atoms with van der Waals surface area (Å²) in [4.78, 5) is 7.87. The van der Waals surface area contributed by atoms with Crippen molar-refractivity contribution in [2.24, 2.45) is 0 Å². The molecule has 0 atom stereocenters. The molecule has 4 nitrogen and oxygen atoms in total. The topological polar surface area (TPSA) is 37.4 Å². The molecule has 0 amide bonds. The fourth-order valence-electron chi connectivity index (χ4n) is 1.29. The van der Waals surface area contributed by atoms with Crippen LogP contribution in [-0.2, 0) is 17.9 Å². The minimum atomic E-state index is 0.118. The highest BCUT2D eigenvalue weighted by molar-refractivity contribution is 7.15. The molecule has 0 saturated carbocycles. The van der Waals surface area contributed by atoms with Gasteiger partial charge in [-0.15, -0.1) is 11.3 Å². The molecule has 0 saturated heterocycles. The average Bonchev–Trinajstić information content (AvgIpc) is 2.58. The zero-order valence-corrected chi connectivity index (χ0v) is 12.4. The standard InChI is InChI=1S/C12H23N3OS/c1-12(2,3)13-7-10-9(8-16-6)14-11(17-10)15(4)5/h13H,7-8H2,1-6H3. The van der Waals surface area contributed by atoms with Crippen LogP contribution in [0.1, 0.15) is 31.3 Å². The Hall–Kier alpha value is -0.650. The highest BCUT2D eigenvalue weighted by Crippen LogP contribution is 2.25. The summed E-state index contributed by atoms with van der Waals surface area (Å²) in [5.74, 6) is 0. The van der Waals surface area contributed by atoms with E-state index in [1.165, 1.54) is 4.88 Å². The van der Waals surface area contributed by atoms with Crippen molar-refractivity contribution in [3.63, 3.8) is 0 Å². The van der Waals surface area contributed by atoms with Gasteiger partial charge in [-0.2, -0.15) is 0 Å². The fraction of sp³-hybridized carbons (Fsp3) is 0.750. The molecule has 1 aromatic rings. The molecule has 0 aliphatic rings. The molecule has 1 heterocycles. The molecule has 17 heavy (non-hydrogen) atoms. The summed E-state index contributed by atoms with van der Waals surface area (Å²) in [6.07, 6.45) is 0. The van der Waals surface area contributed by atoms with Gasteiger partial charge in [-0.25, -0.2) is 4.98 Å². The van der Waals surface area contributed by atoms with Crippen molar-refractivity contribution in [2.75, 3.05) is 26.1 Å². The van der Waals surface area contributed by atoms with E-state index in [-0.39, 0.29) is 5.54 Å². The first-order chi connectivity index (χ1) is 7.83. The van der Waals surface area contributed by atoms with Gasteiger partial charge in [0.15, 0.2) is 5.13 Å². The molecule has 0 aliphatic carbocycles. The lowest BCUT2D eigenvalue weighted by molar-refractivity contribution is 0.181. The van der Waals surface area contributed by atoms with Gasteiger partial charge in [-0.3, -0.25) is 0 Å². The molecule has 1 N–H and O–H groups in total. The molecule has 5 heteroatoms. The SMILES string of the molecule is COCc1nc(N(C)C)sc1CNC(C)(C)C. The molecule has 0 aromatic carbocycles. The van der Waals surface area contributed by atoms with Crippen molar-refractivity contribution in [1.82, 2.24) is 10.3 Å².